The van der Waals surface area contributed by atoms with E-state index in [1.807, 2.05) is 6.07 Å². The zero-order chi connectivity index (χ0) is 20.8. The van der Waals surface area contributed by atoms with Crippen LogP contribution < -0.4 is 14.9 Å². The lowest BCUT2D eigenvalue weighted by Gasteiger charge is -2.07. The van der Waals surface area contributed by atoms with Crippen LogP contribution in [0, 0.1) is 0 Å². The molecular weight excluding hydrogens is 415 g/mol. The van der Waals surface area contributed by atoms with E-state index in [2.05, 4.69) is 15.6 Å². The van der Waals surface area contributed by atoms with Gasteiger partial charge in [0.15, 0.2) is 17.2 Å². The van der Waals surface area contributed by atoms with E-state index in [0.717, 1.165) is 11.1 Å². The van der Waals surface area contributed by atoms with Crippen molar-refractivity contribution in [3.05, 3.63) is 75.5 Å². The van der Waals surface area contributed by atoms with Gasteiger partial charge >= 0.3 is 0 Å². The molecule has 0 spiro atoms. The monoisotopic (exact) mass is 432 g/mol. The van der Waals surface area contributed by atoms with E-state index in [9.17, 15) is 4.79 Å². The van der Waals surface area contributed by atoms with Gasteiger partial charge in [-0.2, -0.15) is 10.2 Å². The first-order chi connectivity index (χ1) is 14.0. The Balaban J connectivity index is 1.62. The summed E-state index contributed by atoms with van der Waals surface area (Å²) in [6.07, 6.45) is 3.20. The van der Waals surface area contributed by atoms with Crippen molar-refractivity contribution in [3.63, 3.8) is 0 Å². The van der Waals surface area contributed by atoms with Crippen molar-refractivity contribution in [1.82, 2.24) is 15.2 Å². The number of rotatable bonds is 7. The topological polar surface area (TPSA) is 77.7 Å². The Kier molecular flexibility index (Phi) is 6.74. The molecule has 0 fully saturated rings. The second kappa shape index (κ2) is 9.45. The van der Waals surface area contributed by atoms with E-state index >= 15 is 0 Å². The molecule has 1 heterocycles. The van der Waals surface area contributed by atoms with E-state index in [-0.39, 0.29) is 5.69 Å². The normalized spacial score (nSPS) is 10.9. The standard InChI is InChI=1S/C20H18Cl2N4O3/c1-28-18-6-3-13(9-19(18)29-2)11-23-24-20(27)17-7-8-26(25-17)12-14-4-5-15(21)10-16(14)22/h3-11H,12H2,1-2H3,(H,24,27)/b23-11-. The summed E-state index contributed by atoms with van der Waals surface area (Å²) in [4.78, 5) is 12.2. The summed E-state index contributed by atoms with van der Waals surface area (Å²) >= 11 is 12.1. The highest BCUT2D eigenvalue weighted by atomic mass is 35.5. The van der Waals surface area contributed by atoms with Gasteiger partial charge in [0, 0.05) is 16.2 Å². The van der Waals surface area contributed by atoms with Crippen LogP contribution in [0.3, 0.4) is 0 Å². The number of nitrogens with one attached hydrogen (secondary N) is 1. The number of ether oxygens (including phenoxy) is 2. The average Bonchev–Trinajstić information content (AvgIpc) is 3.18. The van der Waals surface area contributed by atoms with Crippen LogP contribution in [0.5, 0.6) is 11.5 Å². The molecule has 9 heteroatoms. The minimum Gasteiger partial charge on any atom is -0.493 e. The molecule has 7 nitrogen and oxygen atoms in total. The first-order valence-electron chi connectivity index (χ1n) is 8.53. The molecule has 0 bridgehead atoms. The molecule has 3 aromatic rings. The molecule has 1 aromatic heterocycles. The molecule has 0 unspecified atom stereocenters. The van der Waals surface area contributed by atoms with Gasteiger partial charge in [-0.25, -0.2) is 5.43 Å². The van der Waals surface area contributed by atoms with Gasteiger partial charge in [0.2, 0.25) is 0 Å². The quantitative estimate of drug-likeness (QED) is 0.451. The summed E-state index contributed by atoms with van der Waals surface area (Å²) in [7, 11) is 3.11. The van der Waals surface area contributed by atoms with E-state index in [4.69, 9.17) is 32.7 Å². The lowest BCUT2D eigenvalue weighted by atomic mass is 10.2. The number of hydrogen-bond donors (Lipinski definition) is 1. The number of halogens is 2. The molecule has 1 N–H and O–H groups in total. The zero-order valence-electron chi connectivity index (χ0n) is 15.7. The Bertz CT molecular complexity index is 1050. The maximum atomic E-state index is 12.2. The number of hydrazone groups is 1. The molecule has 0 aliphatic rings. The van der Waals surface area contributed by atoms with Crippen LogP contribution in [0.15, 0.2) is 53.8 Å². The fraction of sp³-hybridized carbons (Fsp3) is 0.150. The van der Waals surface area contributed by atoms with Gasteiger partial charge in [-0.3, -0.25) is 9.48 Å². The third kappa shape index (κ3) is 5.28. The summed E-state index contributed by atoms with van der Waals surface area (Å²) in [6, 6.07) is 12.1. The predicted molar refractivity (Wildman–Crippen MR) is 112 cm³/mol. The molecule has 0 saturated carbocycles. The minimum atomic E-state index is -0.428. The number of carbonyl (C=O) groups is 1. The number of carbonyl (C=O) groups excluding carboxylic acids is 1. The molecule has 0 atom stereocenters. The third-order valence-corrected chi connectivity index (χ3v) is 4.60. The van der Waals surface area contributed by atoms with Crippen molar-refractivity contribution >= 4 is 35.3 Å². The zero-order valence-corrected chi connectivity index (χ0v) is 17.2. The fourth-order valence-corrected chi connectivity index (χ4v) is 3.02. The maximum Gasteiger partial charge on any atom is 0.291 e. The largest absolute Gasteiger partial charge is 0.493 e. The van der Waals surface area contributed by atoms with Crippen LogP contribution in [0.4, 0.5) is 0 Å². The lowest BCUT2D eigenvalue weighted by Crippen LogP contribution is -2.18. The predicted octanol–water partition coefficient (Wildman–Crippen LogP) is 4.02. The highest BCUT2D eigenvalue weighted by Crippen LogP contribution is 2.26. The highest BCUT2D eigenvalue weighted by molar-refractivity contribution is 6.35. The van der Waals surface area contributed by atoms with Gasteiger partial charge in [-0.05, 0) is 47.5 Å². The van der Waals surface area contributed by atoms with Gasteiger partial charge in [0.25, 0.3) is 5.91 Å². The second-order valence-corrected chi connectivity index (χ2v) is 6.79. The minimum absolute atomic E-state index is 0.236. The Morgan fingerprint density at radius 3 is 2.66 bits per heavy atom. The van der Waals surface area contributed by atoms with E-state index in [1.165, 1.54) is 6.21 Å². The molecule has 29 heavy (non-hydrogen) atoms. The summed E-state index contributed by atoms with van der Waals surface area (Å²) in [5.41, 5.74) is 4.27. The number of hydrogen-bond acceptors (Lipinski definition) is 5. The first-order valence-corrected chi connectivity index (χ1v) is 9.28. The van der Waals surface area contributed by atoms with Crippen LogP contribution in [-0.4, -0.2) is 36.1 Å². The van der Waals surface area contributed by atoms with Crippen molar-refractivity contribution in [3.8, 4) is 11.5 Å². The Morgan fingerprint density at radius 2 is 1.93 bits per heavy atom. The molecule has 0 radical (unpaired) electrons. The molecule has 0 aliphatic carbocycles. The number of aromatic nitrogens is 2. The number of nitrogens with zero attached hydrogens (tertiary/aromatic N) is 3. The van der Waals surface area contributed by atoms with Gasteiger partial charge in [-0.1, -0.05) is 29.3 Å². The molecular formula is C20H18Cl2N4O3. The van der Waals surface area contributed by atoms with Gasteiger partial charge in [-0.15, -0.1) is 0 Å². The van der Waals surface area contributed by atoms with Crippen molar-refractivity contribution in [2.75, 3.05) is 14.2 Å². The smallest absolute Gasteiger partial charge is 0.291 e. The number of methoxy groups -OCH3 is 2. The summed E-state index contributed by atoms with van der Waals surface area (Å²) in [6.45, 7) is 0.415. The fourth-order valence-electron chi connectivity index (χ4n) is 2.55. The lowest BCUT2D eigenvalue weighted by molar-refractivity contribution is 0.0949. The van der Waals surface area contributed by atoms with Crippen molar-refractivity contribution < 1.29 is 14.3 Å². The second-order valence-electron chi connectivity index (χ2n) is 5.95. The third-order valence-electron chi connectivity index (χ3n) is 4.01. The van der Waals surface area contributed by atoms with Crippen molar-refractivity contribution in [2.24, 2.45) is 5.10 Å². The first kappa shape index (κ1) is 20.7. The maximum absolute atomic E-state index is 12.2. The molecule has 2 aromatic carbocycles. The van der Waals surface area contributed by atoms with Crippen LogP contribution >= 0.6 is 23.2 Å². The number of amides is 1. The Morgan fingerprint density at radius 1 is 1.14 bits per heavy atom. The van der Waals surface area contributed by atoms with Crippen LogP contribution in [0.1, 0.15) is 21.6 Å². The molecule has 3 rings (SSSR count). The van der Waals surface area contributed by atoms with E-state index < -0.39 is 5.91 Å². The van der Waals surface area contributed by atoms with E-state index in [0.29, 0.717) is 28.1 Å². The Hall–Kier alpha value is -3.03. The highest BCUT2D eigenvalue weighted by Gasteiger charge is 2.10. The Labute approximate surface area is 177 Å². The summed E-state index contributed by atoms with van der Waals surface area (Å²) in [5.74, 6) is 0.755. The average molecular weight is 433 g/mol. The van der Waals surface area contributed by atoms with Gasteiger partial charge < -0.3 is 9.47 Å². The summed E-state index contributed by atoms with van der Waals surface area (Å²) in [5, 5.41) is 9.31. The van der Waals surface area contributed by atoms with E-state index in [1.54, 1.807) is 61.5 Å². The molecule has 150 valence electrons. The molecule has 0 aliphatic heterocycles. The van der Waals surface area contributed by atoms with Gasteiger partial charge in [0.1, 0.15) is 0 Å². The van der Waals surface area contributed by atoms with Gasteiger partial charge in [0.05, 0.1) is 27.0 Å². The van der Waals surface area contributed by atoms with Crippen LogP contribution in [0.2, 0.25) is 10.0 Å². The van der Waals surface area contributed by atoms with Crippen molar-refractivity contribution in [2.45, 2.75) is 6.54 Å². The van der Waals surface area contributed by atoms with Crippen LogP contribution in [-0.2, 0) is 6.54 Å². The van der Waals surface area contributed by atoms with Crippen molar-refractivity contribution in [1.29, 1.82) is 0 Å². The SMILES string of the molecule is COc1ccc(/C=N\NC(=O)c2ccn(Cc3ccc(Cl)cc3Cl)n2)cc1OC. The molecule has 1 amide bonds. The summed E-state index contributed by atoms with van der Waals surface area (Å²) < 4.78 is 12.0. The molecule has 0 saturated heterocycles. The van der Waals surface area contributed by atoms with Crippen LogP contribution in [0.25, 0.3) is 0 Å². The number of benzene rings is 2.